The highest BCUT2D eigenvalue weighted by Gasteiger charge is 2.15. The van der Waals surface area contributed by atoms with Crippen molar-refractivity contribution in [3.63, 3.8) is 0 Å². The predicted molar refractivity (Wildman–Crippen MR) is 83.6 cm³/mol. The Kier molecular flexibility index (Phi) is 7.29. The van der Waals surface area contributed by atoms with Gasteiger partial charge in [-0.3, -0.25) is 9.59 Å². The maximum absolute atomic E-state index is 11.9. The third-order valence-corrected chi connectivity index (χ3v) is 2.97. The van der Waals surface area contributed by atoms with Gasteiger partial charge in [-0.05, 0) is 25.5 Å². The highest BCUT2D eigenvalue weighted by atomic mass is 16.5. The highest BCUT2D eigenvalue weighted by Crippen LogP contribution is 2.27. The van der Waals surface area contributed by atoms with E-state index in [4.69, 9.17) is 4.74 Å². The first-order valence-electron chi connectivity index (χ1n) is 7.36. The summed E-state index contributed by atoms with van der Waals surface area (Å²) in [6.07, 6.45) is 1.32. The Morgan fingerprint density at radius 2 is 1.95 bits per heavy atom. The number of carbonyl (C=O) groups excluding carboxylic acids is 2. The average Bonchev–Trinajstić information content (AvgIpc) is 2.45. The number of hydrogen-bond acceptors (Lipinski definition) is 3. The lowest BCUT2D eigenvalue weighted by molar-refractivity contribution is -0.121. The quantitative estimate of drug-likeness (QED) is 0.800. The number of para-hydroxylation sites is 2. The van der Waals surface area contributed by atoms with Gasteiger partial charge in [0, 0.05) is 26.4 Å². The fourth-order valence-electron chi connectivity index (χ4n) is 2.03. The second-order valence-corrected chi connectivity index (χ2v) is 4.67. The average molecular weight is 292 g/mol. The summed E-state index contributed by atoms with van der Waals surface area (Å²) in [5.74, 6) is 0.612. The minimum absolute atomic E-state index is 0.0131. The van der Waals surface area contributed by atoms with Crippen molar-refractivity contribution >= 4 is 17.5 Å². The highest BCUT2D eigenvalue weighted by molar-refractivity contribution is 5.93. The molecular weight excluding hydrogens is 268 g/mol. The minimum atomic E-state index is -0.0770. The molecule has 21 heavy (non-hydrogen) atoms. The summed E-state index contributed by atoms with van der Waals surface area (Å²) < 4.78 is 5.55. The Hall–Kier alpha value is -2.04. The summed E-state index contributed by atoms with van der Waals surface area (Å²) in [5.41, 5.74) is 0.733. The minimum Gasteiger partial charge on any atom is -0.492 e. The lowest BCUT2D eigenvalue weighted by Gasteiger charge is -2.23. The SMILES string of the molecule is CCCC(=O)NCCN(C(C)=O)c1ccccc1OCC. The van der Waals surface area contributed by atoms with Crippen LogP contribution in [0.3, 0.4) is 0 Å². The predicted octanol–water partition coefficient (Wildman–Crippen LogP) is 2.35. The topological polar surface area (TPSA) is 58.6 Å². The van der Waals surface area contributed by atoms with Crippen LogP contribution in [0.15, 0.2) is 24.3 Å². The third kappa shape index (κ3) is 5.45. The Morgan fingerprint density at radius 3 is 2.57 bits per heavy atom. The van der Waals surface area contributed by atoms with Crippen LogP contribution in [0.25, 0.3) is 0 Å². The summed E-state index contributed by atoms with van der Waals surface area (Å²) in [5, 5.41) is 2.82. The fourth-order valence-corrected chi connectivity index (χ4v) is 2.03. The Labute approximate surface area is 126 Å². The van der Waals surface area contributed by atoms with E-state index in [1.807, 2.05) is 38.1 Å². The van der Waals surface area contributed by atoms with Crippen molar-refractivity contribution in [3.05, 3.63) is 24.3 Å². The molecule has 0 fully saturated rings. The molecule has 0 heterocycles. The van der Waals surface area contributed by atoms with E-state index in [2.05, 4.69) is 5.32 Å². The number of nitrogens with zero attached hydrogens (tertiary/aromatic N) is 1. The lowest BCUT2D eigenvalue weighted by Crippen LogP contribution is -2.37. The molecule has 0 aromatic heterocycles. The first kappa shape index (κ1) is 17.0. The number of ether oxygens (including phenoxy) is 1. The van der Waals surface area contributed by atoms with Crippen LogP contribution in [0.4, 0.5) is 5.69 Å². The van der Waals surface area contributed by atoms with Gasteiger partial charge >= 0.3 is 0 Å². The van der Waals surface area contributed by atoms with Crippen molar-refractivity contribution in [2.45, 2.75) is 33.6 Å². The zero-order valence-corrected chi connectivity index (χ0v) is 13.0. The summed E-state index contributed by atoms with van der Waals surface area (Å²) in [6, 6.07) is 7.42. The van der Waals surface area contributed by atoms with Gasteiger partial charge in [-0.25, -0.2) is 0 Å². The van der Waals surface area contributed by atoms with Gasteiger partial charge in [-0.2, -0.15) is 0 Å². The normalized spacial score (nSPS) is 10.0. The molecule has 5 heteroatoms. The van der Waals surface area contributed by atoms with Crippen molar-refractivity contribution in [1.82, 2.24) is 5.32 Å². The molecule has 1 aromatic carbocycles. The molecule has 0 unspecified atom stereocenters. The standard InChI is InChI=1S/C16H24N2O3/c1-4-8-16(20)17-11-12-18(13(3)19)14-9-6-7-10-15(14)21-5-2/h6-7,9-10H,4-5,8,11-12H2,1-3H3,(H,17,20). The fraction of sp³-hybridized carbons (Fsp3) is 0.500. The van der Waals surface area contributed by atoms with E-state index in [-0.39, 0.29) is 11.8 Å². The molecule has 1 N–H and O–H groups in total. The van der Waals surface area contributed by atoms with Crippen molar-refractivity contribution < 1.29 is 14.3 Å². The van der Waals surface area contributed by atoms with Gasteiger partial charge < -0.3 is 15.0 Å². The van der Waals surface area contributed by atoms with Crippen LogP contribution in [0.5, 0.6) is 5.75 Å². The number of anilines is 1. The van der Waals surface area contributed by atoms with Gasteiger partial charge in [0.15, 0.2) is 0 Å². The van der Waals surface area contributed by atoms with Crippen LogP contribution in [-0.4, -0.2) is 31.5 Å². The molecule has 0 saturated heterocycles. The number of amides is 2. The van der Waals surface area contributed by atoms with Gasteiger partial charge in [-0.15, -0.1) is 0 Å². The van der Waals surface area contributed by atoms with Crippen LogP contribution in [0, 0.1) is 0 Å². The molecule has 5 nitrogen and oxygen atoms in total. The molecule has 1 rings (SSSR count). The Balaban J connectivity index is 2.74. The van der Waals surface area contributed by atoms with E-state index < -0.39 is 0 Å². The van der Waals surface area contributed by atoms with Crippen LogP contribution >= 0.6 is 0 Å². The van der Waals surface area contributed by atoms with E-state index in [0.717, 1.165) is 12.1 Å². The lowest BCUT2D eigenvalue weighted by atomic mass is 10.2. The van der Waals surface area contributed by atoms with Gasteiger partial charge in [-0.1, -0.05) is 19.1 Å². The van der Waals surface area contributed by atoms with E-state index >= 15 is 0 Å². The molecule has 0 saturated carbocycles. The number of rotatable bonds is 8. The van der Waals surface area contributed by atoms with Crippen LogP contribution < -0.4 is 15.0 Å². The Bertz CT molecular complexity index is 474. The number of benzene rings is 1. The zero-order valence-electron chi connectivity index (χ0n) is 13.0. The van der Waals surface area contributed by atoms with Gasteiger partial charge in [0.05, 0.1) is 12.3 Å². The largest absolute Gasteiger partial charge is 0.492 e. The van der Waals surface area contributed by atoms with Crippen molar-refractivity contribution in [1.29, 1.82) is 0 Å². The molecule has 116 valence electrons. The van der Waals surface area contributed by atoms with E-state index in [1.165, 1.54) is 6.92 Å². The molecular formula is C16H24N2O3. The number of hydrogen-bond donors (Lipinski definition) is 1. The van der Waals surface area contributed by atoms with Crippen LogP contribution in [-0.2, 0) is 9.59 Å². The van der Waals surface area contributed by atoms with Gasteiger partial charge in [0.25, 0.3) is 0 Å². The van der Waals surface area contributed by atoms with Crippen LogP contribution in [0.2, 0.25) is 0 Å². The molecule has 0 spiro atoms. The first-order valence-corrected chi connectivity index (χ1v) is 7.36. The van der Waals surface area contributed by atoms with E-state index in [9.17, 15) is 9.59 Å². The van der Waals surface area contributed by atoms with Gasteiger partial charge in [0.1, 0.15) is 5.75 Å². The van der Waals surface area contributed by atoms with Crippen molar-refractivity contribution in [2.75, 3.05) is 24.6 Å². The molecule has 0 aliphatic rings. The number of nitrogens with one attached hydrogen (secondary N) is 1. The van der Waals surface area contributed by atoms with Crippen LogP contribution in [0.1, 0.15) is 33.6 Å². The summed E-state index contributed by atoms with van der Waals surface area (Å²) in [7, 11) is 0. The molecule has 2 amide bonds. The van der Waals surface area contributed by atoms with Gasteiger partial charge in [0.2, 0.25) is 11.8 Å². The smallest absolute Gasteiger partial charge is 0.224 e. The monoisotopic (exact) mass is 292 g/mol. The zero-order chi connectivity index (χ0) is 15.7. The molecule has 0 atom stereocenters. The van der Waals surface area contributed by atoms with E-state index in [0.29, 0.717) is 31.9 Å². The maximum atomic E-state index is 11.9. The summed E-state index contributed by atoms with van der Waals surface area (Å²) in [4.78, 5) is 24.9. The molecule has 0 bridgehead atoms. The van der Waals surface area contributed by atoms with Crippen molar-refractivity contribution in [3.8, 4) is 5.75 Å². The Morgan fingerprint density at radius 1 is 1.24 bits per heavy atom. The molecule has 0 radical (unpaired) electrons. The number of carbonyl (C=O) groups is 2. The third-order valence-electron chi connectivity index (χ3n) is 2.97. The second kappa shape index (κ2) is 9.00. The van der Waals surface area contributed by atoms with Crippen molar-refractivity contribution in [2.24, 2.45) is 0 Å². The van der Waals surface area contributed by atoms with E-state index in [1.54, 1.807) is 4.90 Å². The molecule has 0 aliphatic carbocycles. The second-order valence-electron chi connectivity index (χ2n) is 4.67. The summed E-state index contributed by atoms with van der Waals surface area (Å²) in [6.45, 7) is 6.76. The molecule has 1 aromatic rings. The first-order chi connectivity index (χ1) is 10.1. The maximum Gasteiger partial charge on any atom is 0.224 e. The summed E-state index contributed by atoms with van der Waals surface area (Å²) >= 11 is 0. The molecule has 0 aliphatic heterocycles.